The van der Waals surface area contributed by atoms with Crippen LogP contribution in [0.5, 0.6) is 0 Å². The van der Waals surface area contributed by atoms with Crippen LogP contribution in [-0.2, 0) is 0 Å². The highest BCUT2D eigenvalue weighted by molar-refractivity contribution is 7.98. The molecular weight excluding hydrogens is 192 g/mol. The molecule has 1 heterocycles. The van der Waals surface area contributed by atoms with Gasteiger partial charge in [0.2, 0.25) is 0 Å². The van der Waals surface area contributed by atoms with E-state index >= 15 is 0 Å². The minimum Gasteiger partial charge on any atom is -0.317 e. The summed E-state index contributed by atoms with van der Waals surface area (Å²) >= 11 is 1.96. The lowest BCUT2D eigenvalue weighted by Crippen LogP contribution is -2.38. The van der Waals surface area contributed by atoms with Crippen LogP contribution in [0.25, 0.3) is 0 Å². The van der Waals surface area contributed by atoms with Crippen LogP contribution >= 0.6 is 11.8 Å². The molecule has 0 aromatic heterocycles. The van der Waals surface area contributed by atoms with Gasteiger partial charge in [0.05, 0.1) is 0 Å². The molecule has 0 saturated carbocycles. The van der Waals surface area contributed by atoms with E-state index < -0.39 is 0 Å². The normalized spacial score (nSPS) is 20.1. The molecule has 1 fully saturated rings. The molecule has 0 spiro atoms. The molecular formula is C11H24N2S. The summed E-state index contributed by atoms with van der Waals surface area (Å²) in [7, 11) is 0. The zero-order valence-electron chi connectivity index (χ0n) is 9.59. The maximum absolute atomic E-state index is 3.45. The van der Waals surface area contributed by atoms with Crippen LogP contribution in [0, 0.1) is 5.92 Å². The Balaban J connectivity index is 2.05. The number of hydrogen-bond acceptors (Lipinski definition) is 3. The summed E-state index contributed by atoms with van der Waals surface area (Å²) in [5.74, 6) is 2.22. The molecule has 0 unspecified atom stereocenters. The van der Waals surface area contributed by atoms with E-state index in [0.717, 1.165) is 12.5 Å². The third kappa shape index (κ3) is 4.67. The number of hydrogen-bond donors (Lipinski definition) is 1. The van der Waals surface area contributed by atoms with Crippen molar-refractivity contribution in [2.24, 2.45) is 5.92 Å². The first-order chi connectivity index (χ1) is 6.86. The van der Waals surface area contributed by atoms with E-state index in [4.69, 9.17) is 0 Å². The summed E-state index contributed by atoms with van der Waals surface area (Å²) in [6, 6.07) is 0. The highest BCUT2D eigenvalue weighted by atomic mass is 32.2. The maximum atomic E-state index is 3.45. The van der Waals surface area contributed by atoms with E-state index in [-0.39, 0.29) is 0 Å². The second-order valence-electron chi connectivity index (χ2n) is 4.09. The van der Waals surface area contributed by atoms with Gasteiger partial charge in [0.1, 0.15) is 0 Å². The Morgan fingerprint density at radius 2 is 2.07 bits per heavy atom. The van der Waals surface area contributed by atoms with Crippen LogP contribution in [0.2, 0.25) is 0 Å². The van der Waals surface area contributed by atoms with E-state index in [1.54, 1.807) is 0 Å². The Bertz CT molecular complexity index is 117. The van der Waals surface area contributed by atoms with E-state index in [9.17, 15) is 0 Å². The first-order valence-electron chi connectivity index (χ1n) is 5.78. The molecule has 2 nitrogen and oxygen atoms in total. The second kappa shape index (κ2) is 7.55. The van der Waals surface area contributed by atoms with Crippen molar-refractivity contribution < 1.29 is 0 Å². The highest BCUT2D eigenvalue weighted by Crippen LogP contribution is 2.16. The molecule has 1 aliphatic heterocycles. The van der Waals surface area contributed by atoms with Gasteiger partial charge in [-0.1, -0.05) is 6.92 Å². The maximum Gasteiger partial charge on any atom is 0.00722 e. The first-order valence-corrected chi connectivity index (χ1v) is 7.18. The summed E-state index contributed by atoms with van der Waals surface area (Å²) in [6.45, 7) is 8.45. The van der Waals surface area contributed by atoms with Crippen molar-refractivity contribution >= 4 is 11.8 Å². The van der Waals surface area contributed by atoms with Crippen molar-refractivity contribution in [3.63, 3.8) is 0 Å². The van der Waals surface area contributed by atoms with E-state index in [1.165, 1.54) is 44.8 Å². The molecule has 1 N–H and O–H groups in total. The van der Waals surface area contributed by atoms with Crippen LogP contribution in [-0.4, -0.2) is 49.6 Å². The Morgan fingerprint density at radius 1 is 1.36 bits per heavy atom. The lowest BCUT2D eigenvalue weighted by atomic mass is 9.97. The van der Waals surface area contributed by atoms with E-state index in [2.05, 4.69) is 23.4 Å². The molecule has 14 heavy (non-hydrogen) atoms. The van der Waals surface area contributed by atoms with Crippen molar-refractivity contribution in [3.8, 4) is 0 Å². The Hall–Kier alpha value is 0.270. The Labute approximate surface area is 92.8 Å². The van der Waals surface area contributed by atoms with Gasteiger partial charge in [-0.05, 0) is 51.2 Å². The minimum atomic E-state index is 0.931. The van der Waals surface area contributed by atoms with E-state index in [1.807, 2.05) is 11.8 Å². The number of rotatable bonds is 6. The third-order valence-corrected chi connectivity index (χ3v) is 3.59. The highest BCUT2D eigenvalue weighted by Gasteiger charge is 2.17. The van der Waals surface area contributed by atoms with Gasteiger partial charge in [-0.15, -0.1) is 0 Å². The number of likely N-dealkylation sites (tertiary alicyclic amines) is 1. The SMILES string of the molecule is CCNCC1CCN(CCSC)CC1. The zero-order chi connectivity index (χ0) is 10.2. The van der Waals surface area contributed by atoms with Crippen molar-refractivity contribution in [1.29, 1.82) is 0 Å². The van der Waals surface area contributed by atoms with Gasteiger partial charge in [-0.3, -0.25) is 0 Å². The lowest BCUT2D eigenvalue weighted by Gasteiger charge is -2.31. The van der Waals surface area contributed by atoms with Gasteiger partial charge in [-0.2, -0.15) is 11.8 Å². The molecule has 0 radical (unpaired) electrons. The molecule has 0 atom stereocenters. The first kappa shape index (κ1) is 12.3. The number of thioether (sulfide) groups is 1. The van der Waals surface area contributed by atoms with Crippen molar-refractivity contribution in [2.75, 3.05) is 44.7 Å². The molecule has 1 saturated heterocycles. The van der Waals surface area contributed by atoms with Crippen molar-refractivity contribution in [3.05, 3.63) is 0 Å². The Kier molecular flexibility index (Phi) is 6.65. The molecule has 0 aromatic rings. The summed E-state index contributed by atoms with van der Waals surface area (Å²) in [4.78, 5) is 2.61. The Morgan fingerprint density at radius 3 is 2.64 bits per heavy atom. The molecule has 1 aliphatic rings. The van der Waals surface area contributed by atoms with Crippen LogP contribution in [0.1, 0.15) is 19.8 Å². The van der Waals surface area contributed by atoms with Gasteiger partial charge in [-0.25, -0.2) is 0 Å². The van der Waals surface area contributed by atoms with Gasteiger partial charge in [0.15, 0.2) is 0 Å². The fourth-order valence-electron chi connectivity index (χ4n) is 1.98. The molecule has 0 bridgehead atoms. The van der Waals surface area contributed by atoms with Crippen LogP contribution < -0.4 is 5.32 Å². The van der Waals surface area contributed by atoms with E-state index in [0.29, 0.717) is 0 Å². The summed E-state index contributed by atoms with van der Waals surface area (Å²) < 4.78 is 0. The summed E-state index contributed by atoms with van der Waals surface area (Å²) in [5.41, 5.74) is 0. The smallest absolute Gasteiger partial charge is 0.00722 e. The molecule has 0 amide bonds. The topological polar surface area (TPSA) is 15.3 Å². The standard InChI is InChI=1S/C11H24N2S/c1-3-12-10-11-4-6-13(7-5-11)8-9-14-2/h11-12H,3-10H2,1-2H3. The molecule has 84 valence electrons. The fraction of sp³-hybridized carbons (Fsp3) is 1.00. The van der Waals surface area contributed by atoms with Crippen LogP contribution in [0.3, 0.4) is 0 Å². The molecule has 0 aromatic carbocycles. The van der Waals surface area contributed by atoms with Gasteiger partial charge in [0, 0.05) is 12.3 Å². The minimum absolute atomic E-state index is 0.931. The van der Waals surface area contributed by atoms with Crippen LogP contribution in [0.15, 0.2) is 0 Å². The average Bonchev–Trinajstić information content (AvgIpc) is 2.25. The van der Waals surface area contributed by atoms with Crippen molar-refractivity contribution in [2.45, 2.75) is 19.8 Å². The fourth-order valence-corrected chi connectivity index (χ4v) is 2.42. The quantitative estimate of drug-likeness (QED) is 0.727. The monoisotopic (exact) mass is 216 g/mol. The predicted molar refractivity (Wildman–Crippen MR) is 66.1 cm³/mol. The predicted octanol–water partition coefficient (Wildman–Crippen LogP) is 1.67. The van der Waals surface area contributed by atoms with Gasteiger partial charge >= 0.3 is 0 Å². The van der Waals surface area contributed by atoms with Crippen molar-refractivity contribution in [1.82, 2.24) is 10.2 Å². The largest absolute Gasteiger partial charge is 0.317 e. The average molecular weight is 216 g/mol. The summed E-state index contributed by atoms with van der Waals surface area (Å²) in [6.07, 6.45) is 4.97. The number of piperidine rings is 1. The van der Waals surface area contributed by atoms with Gasteiger partial charge in [0.25, 0.3) is 0 Å². The van der Waals surface area contributed by atoms with Gasteiger partial charge < -0.3 is 10.2 Å². The third-order valence-electron chi connectivity index (χ3n) is 3.00. The molecule has 0 aliphatic carbocycles. The number of nitrogens with one attached hydrogen (secondary N) is 1. The summed E-state index contributed by atoms with van der Waals surface area (Å²) in [5, 5.41) is 3.45. The second-order valence-corrected chi connectivity index (χ2v) is 5.07. The lowest BCUT2D eigenvalue weighted by molar-refractivity contribution is 0.192. The zero-order valence-corrected chi connectivity index (χ0v) is 10.4. The molecule has 3 heteroatoms. The van der Waals surface area contributed by atoms with Crippen LogP contribution in [0.4, 0.5) is 0 Å². The molecule has 1 rings (SSSR count). The number of nitrogens with zero attached hydrogens (tertiary/aromatic N) is 1.